The van der Waals surface area contributed by atoms with Gasteiger partial charge in [-0.25, -0.2) is 0 Å². The first-order valence-corrected chi connectivity index (χ1v) is 6.08. The van der Waals surface area contributed by atoms with Crippen LogP contribution in [0.4, 0.5) is 0 Å². The summed E-state index contributed by atoms with van der Waals surface area (Å²) in [7, 11) is 0. The van der Waals surface area contributed by atoms with Gasteiger partial charge in [-0.3, -0.25) is 4.98 Å². The van der Waals surface area contributed by atoms with E-state index in [1.54, 1.807) is 0 Å². The molecular weight excluding hydrogens is 252 g/mol. The SMILES string of the molecule is CC(C)(C)CCNCc1ccc(Br)cn1. The van der Waals surface area contributed by atoms with E-state index in [-0.39, 0.29) is 0 Å². The van der Waals surface area contributed by atoms with Gasteiger partial charge in [0.25, 0.3) is 0 Å². The van der Waals surface area contributed by atoms with Crippen LogP contribution in [0, 0.1) is 5.41 Å². The number of nitrogens with one attached hydrogen (secondary N) is 1. The molecule has 1 N–H and O–H groups in total. The van der Waals surface area contributed by atoms with Crippen molar-refractivity contribution >= 4 is 15.9 Å². The summed E-state index contributed by atoms with van der Waals surface area (Å²) in [6, 6.07) is 4.06. The standard InChI is InChI=1S/C12H19BrN2/c1-12(2,3)6-7-14-9-11-5-4-10(13)8-15-11/h4-5,8,14H,6-7,9H2,1-3H3. The molecule has 3 heteroatoms. The number of hydrogen-bond acceptors (Lipinski definition) is 2. The molecule has 1 rings (SSSR count). The van der Waals surface area contributed by atoms with Crippen LogP contribution in [0.25, 0.3) is 0 Å². The first kappa shape index (κ1) is 12.7. The predicted octanol–water partition coefficient (Wildman–Crippen LogP) is 3.37. The van der Waals surface area contributed by atoms with E-state index in [0.29, 0.717) is 5.41 Å². The molecule has 0 aromatic carbocycles. The second kappa shape index (κ2) is 5.61. The van der Waals surface area contributed by atoms with Crippen molar-refractivity contribution in [2.24, 2.45) is 5.41 Å². The number of aromatic nitrogens is 1. The van der Waals surface area contributed by atoms with Crippen LogP contribution in [-0.4, -0.2) is 11.5 Å². The van der Waals surface area contributed by atoms with Crippen molar-refractivity contribution in [2.45, 2.75) is 33.7 Å². The smallest absolute Gasteiger partial charge is 0.0542 e. The average Bonchev–Trinajstić information content (AvgIpc) is 2.14. The monoisotopic (exact) mass is 270 g/mol. The van der Waals surface area contributed by atoms with E-state index in [4.69, 9.17) is 0 Å². The Balaban J connectivity index is 2.23. The molecule has 0 saturated heterocycles. The fourth-order valence-electron chi connectivity index (χ4n) is 1.19. The number of hydrogen-bond donors (Lipinski definition) is 1. The lowest BCUT2D eigenvalue weighted by Gasteiger charge is -2.17. The van der Waals surface area contributed by atoms with Gasteiger partial charge in [0.1, 0.15) is 0 Å². The Kier molecular flexibility index (Phi) is 4.74. The fraction of sp³-hybridized carbons (Fsp3) is 0.583. The van der Waals surface area contributed by atoms with Gasteiger partial charge in [0.2, 0.25) is 0 Å². The molecule has 0 aliphatic carbocycles. The van der Waals surface area contributed by atoms with Crippen molar-refractivity contribution in [3.8, 4) is 0 Å². The summed E-state index contributed by atoms with van der Waals surface area (Å²) in [5.74, 6) is 0. The highest BCUT2D eigenvalue weighted by Gasteiger charge is 2.08. The van der Waals surface area contributed by atoms with E-state index in [9.17, 15) is 0 Å². The van der Waals surface area contributed by atoms with Gasteiger partial charge in [-0.15, -0.1) is 0 Å². The zero-order chi connectivity index (χ0) is 11.3. The van der Waals surface area contributed by atoms with Crippen LogP contribution in [0.2, 0.25) is 0 Å². The first-order chi connectivity index (χ1) is 6.97. The summed E-state index contributed by atoms with van der Waals surface area (Å²) in [6.45, 7) is 8.66. The summed E-state index contributed by atoms with van der Waals surface area (Å²) in [4.78, 5) is 4.30. The zero-order valence-corrected chi connectivity index (χ0v) is 11.3. The lowest BCUT2D eigenvalue weighted by atomic mass is 9.92. The third-order valence-corrected chi connectivity index (χ3v) is 2.62. The van der Waals surface area contributed by atoms with Gasteiger partial charge in [0.15, 0.2) is 0 Å². The minimum absolute atomic E-state index is 0.403. The van der Waals surface area contributed by atoms with Crippen LogP contribution < -0.4 is 5.32 Å². The van der Waals surface area contributed by atoms with Crippen molar-refractivity contribution in [1.29, 1.82) is 0 Å². The summed E-state index contributed by atoms with van der Waals surface area (Å²) >= 11 is 3.37. The highest BCUT2D eigenvalue weighted by molar-refractivity contribution is 9.10. The molecule has 0 aliphatic rings. The molecule has 0 amide bonds. The highest BCUT2D eigenvalue weighted by Crippen LogP contribution is 2.17. The Labute approximate surface area is 101 Å². The molecule has 0 saturated carbocycles. The molecule has 0 radical (unpaired) electrons. The van der Waals surface area contributed by atoms with Crippen LogP contribution in [-0.2, 0) is 6.54 Å². The maximum absolute atomic E-state index is 4.30. The molecule has 2 nitrogen and oxygen atoms in total. The van der Waals surface area contributed by atoms with Gasteiger partial charge in [0, 0.05) is 17.2 Å². The van der Waals surface area contributed by atoms with E-state index in [1.165, 1.54) is 6.42 Å². The minimum atomic E-state index is 0.403. The van der Waals surface area contributed by atoms with Crippen molar-refractivity contribution in [2.75, 3.05) is 6.54 Å². The van der Waals surface area contributed by atoms with Gasteiger partial charge in [0.05, 0.1) is 5.69 Å². The number of rotatable bonds is 4. The summed E-state index contributed by atoms with van der Waals surface area (Å²) < 4.78 is 1.03. The Morgan fingerprint density at radius 3 is 2.60 bits per heavy atom. The van der Waals surface area contributed by atoms with Crippen LogP contribution >= 0.6 is 15.9 Å². The van der Waals surface area contributed by atoms with Gasteiger partial charge >= 0.3 is 0 Å². The number of halogens is 1. The third kappa shape index (κ3) is 5.90. The molecule has 1 aromatic rings. The van der Waals surface area contributed by atoms with Gasteiger partial charge < -0.3 is 5.32 Å². The minimum Gasteiger partial charge on any atom is -0.311 e. The average molecular weight is 271 g/mol. The molecule has 1 heterocycles. The van der Waals surface area contributed by atoms with Gasteiger partial charge in [-0.05, 0) is 46.4 Å². The van der Waals surface area contributed by atoms with Crippen LogP contribution in [0.15, 0.2) is 22.8 Å². The fourth-order valence-corrected chi connectivity index (χ4v) is 1.43. The molecule has 84 valence electrons. The van der Waals surface area contributed by atoms with Crippen molar-refractivity contribution in [3.05, 3.63) is 28.5 Å². The molecule has 0 fully saturated rings. The normalized spacial score (nSPS) is 11.7. The molecule has 0 bridgehead atoms. The summed E-state index contributed by atoms with van der Waals surface area (Å²) in [5.41, 5.74) is 1.49. The lowest BCUT2D eigenvalue weighted by molar-refractivity contribution is 0.366. The molecule has 15 heavy (non-hydrogen) atoms. The second-order valence-electron chi connectivity index (χ2n) is 4.96. The van der Waals surface area contributed by atoms with E-state index in [0.717, 1.165) is 23.3 Å². The van der Waals surface area contributed by atoms with Crippen molar-refractivity contribution < 1.29 is 0 Å². The predicted molar refractivity (Wildman–Crippen MR) is 67.7 cm³/mol. The molecule has 0 atom stereocenters. The van der Waals surface area contributed by atoms with Gasteiger partial charge in [-0.1, -0.05) is 20.8 Å². The Hall–Kier alpha value is -0.410. The molecule has 0 aliphatic heterocycles. The molecular formula is C12H19BrN2. The highest BCUT2D eigenvalue weighted by atomic mass is 79.9. The quantitative estimate of drug-likeness (QED) is 0.849. The topological polar surface area (TPSA) is 24.9 Å². The van der Waals surface area contributed by atoms with Crippen LogP contribution in [0.1, 0.15) is 32.9 Å². The molecule has 0 spiro atoms. The largest absolute Gasteiger partial charge is 0.311 e. The summed E-state index contributed by atoms with van der Waals surface area (Å²) in [5, 5.41) is 3.40. The van der Waals surface area contributed by atoms with E-state index < -0.39 is 0 Å². The maximum atomic E-state index is 4.30. The Morgan fingerprint density at radius 2 is 2.07 bits per heavy atom. The second-order valence-corrected chi connectivity index (χ2v) is 5.87. The number of nitrogens with zero attached hydrogens (tertiary/aromatic N) is 1. The van der Waals surface area contributed by atoms with Crippen molar-refractivity contribution in [1.82, 2.24) is 10.3 Å². The zero-order valence-electron chi connectivity index (χ0n) is 9.68. The third-order valence-electron chi connectivity index (χ3n) is 2.15. The number of pyridine rings is 1. The molecule has 0 unspecified atom stereocenters. The molecule has 1 aromatic heterocycles. The van der Waals surface area contributed by atoms with E-state index in [1.807, 2.05) is 18.3 Å². The maximum Gasteiger partial charge on any atom is 0.0542 e. The van der Waals surface area contributed by atoms with E-state index in [2.05, 4.69) is 47.0 Å². The van der Waals surface area contributed by atoms with Gasteiger partial charge in [-0.2, -0.15) is 0 Å². The van der Waals surface area contributed by atoms with Crippen LogP contribution in [0.5, 0.6) is 0 Å². The lowest BCUT2D eigenvalue weighted by Crippen LogP contribution is -2.20. The Bertz CT molecular complexity index is 287. The Morgan fingerprint density at radius 1 is 1.33 bits per heavy atom. The first-order valence-electron chi connectivity index (χ1n) is 5.28. The van der Waals surface area contributed by atoms with Crippen LogP contribution in [0.3, 0.4) is 0 Å². The summed E-state index contributed by atoms with van der Waals surface area (Å²) in [6.07, 6.45) is 3.02. The van der Waals surface area contributed by atoms with Crippen molar-refractivity contribution in [3.63, 3.8) is 0 Å². The van der Waals surface area contributed by atoms with E-state index >= 15 is 0 Å².